The highest BCUT2D eigenvalue weighted by Crippen LogP contribution is 2.17. The van der Waals surface area contributed by atoms with Crippen LogP contribution in [-0.4, -0.2) is 22.0 Å². The minimum atomic E-state index is -0.435. The second-order valence-corrected chi connectivity index (χ2v) is 5.76. The van der Waals surface area contributed by atoms with Crippen LogP contribution in [0.15, 0.2) is 53.3 Å². The third-order valence-electron chi connectivity index (χ3n) is 3.91. The second kappa shape index (κ2) is 8.13. The van der Waals surface area contributed by atoms with E-state index >= 15 is 0 Å². The van der Waals surface area contributed by atoms with Gasteiger partial charge in [0.25, 0.3) is 11.8 Å². The number of hydrazine groups is 1. The van der Waals surface area contributed by atoms with Crippen LogP contribution in [0.25, 0.3) is 0 Å². The van der Waals surface area contributed by atoms with Crippen LogP contribution in [0.2, 0.25) is 0 Å². The quantitative estimate of drug-likeness (QED) is 0.671. The number of pyridine rings is 1. The molecular formula is C19H18N4O4. The van der Waals surface area contributed by atoms with E-state index in [4.69, 9.17) is 9.26 Å². The number of rotatable bonds is 5. The number of hydrogen-bond acceptors (Lipinski definition) is 6. The zero-order valence-corrected chi connectivity index (χ0v) is 14.9. The molecule has 8 heteroatoms. The van der Waals surface area contributed by atoms with E-state index in [9.17, 15) is 9.59 Å². The van der Waals surface area contributed by atoms with E-state index in [2.05, 4.69) is 21.0 Å². The molecule has 0 aliphatic carbocycles. The standard InChI is InChI=1S/C19H18N4O4/c1-12-17(13(2)27-23-12)11-26-16-5-3-14(4-6-16)18(24)21-22-19(25)15-7-9-20-10-8-15/h3-10H,11H2,1-2H3,(H,21,24)(H,22,25). The highest BCUT2D eigenvalue weighted by molar-refractivity contribution is 5.99. The van der Waals surface area contributed by atoms with Crippen LogP contribution in [0.4, 0.5) is 0 Å². The maximum atomic E-state index is 12.1. The molecule has 0 atom stereocenters. The molecule has 0 spiro atoms. The first kappa shape index (κ1) is 18.1. The fraction of sp³-hybridized carbons (Fsp3) is 0.158. The number of nitrogens with zero attached hydrogens (tertiary/aromatic N) is 2. The SMILES string of the molecule is Cc1noc(C)c1COc1ccc(C(=O)NNC(=O)c2ccncc2)cc1. The molecule has 0 radical (unpaired) electrons. The number of amides is 2. The molecule has 8 nitrogen and oxygen atoms in total. The summed E-state index contributed by atoms with van der Waals surface area (Å²) in [6.07, 6.45) is 3.00. The van der Waals surface area contributed by atoms with E-state index < -0.39 is 11.8 Å². The molecule has 2 aromatic heterocycles. The summed E-state index contributed by atoms with van der Waals surface area (Å²) in [5.74, 6) is 0.459. The maximum absolute atomic E-state index is 12.1. The van der Waals surface area contributed by atoms with E-state index in [0.717, 1.165) is 11.3 Å². The smallest absolute Gasteiger partial charge is 0.269 e. The fourth-order valence-corrected chi connectivity index (χ4v) is 2.33. The van der Waals surface area contributed by atoms with Gasteiger partial charge in [-0.3, -0.25) is 25.4 Å². The van der Waals surface area contributed by atoms with Gasteiger partial charge in [-0.15, -0.1) is 0 Å². The van der Waals surface area contributed by atoms with Crippen molar-refractivity contribution in [3.05, 3.63) is 76.9 Å². The lowest BCUT2D eigenvalue weighted by atomic mass is 10.2. The van der Waals surface area contributed by atoms with E-state index in [1.807, 2.05) is 13.8 Å². The van der Waals surface area contributed by atoms with Crippen molar-refractivity contribution in [3.63, 3.8) is 0 Å². The highest BCUT2D eigenvalue weighted by Gasteiger charge is 2.11. The summed E-state index contributed by atoms with van der Waals surface area (Å²) >= 11 is 0. The van der Waals surface area contributed by atoms with Crippen LogP contribution in [0.5, 0.6) is 5.75 Å². The first-order valence-corrected chi connectivity index (χ1v) is 8.20. The van der Waals surface area contributed by atoms with Crippen molar-refractivity contribution in [2.75, 3.05) is 0 Å². The van der Waals surface area contributed by atoms with Crippen LogP contribution in [0, 0.1) is 13.8 Å². The first-order chi connectivity index (χ1) is 13.0. The molecule has 0 unspecified atom stereocenters. The number of carbonyl (C=O) groups is 2. The average Bonchev–Trinajstić information content (AvgIpc) is 3.03. The van der Waals surface area contributed by atoms with Gasteiger partial charge in [-0.1, -0.05) is 5.16 Å². The van der Waals surface area contributed by atoms with Crippen molar-refractivity contribution in [3.8, 4) is 5.75 Å². The zero-order valence-electron chi connectivity index (χ0n) is 14.9. The summed E-state index contributed by atoms with van der Waals surface area (Å²) in [4.78, 5) is 27.9. The van der Waals surface area contributed by atoms with Crippen LogP contribution in [0.3, 0.4) is 0 Å². The first-order valence-electron chi connectivity index (χ1n) is 8.20. The second-order valence-electron chi connectivity index (χ2n) is 5.76. The number of hydrogen-bond donors (Lipinski definition) is 2. The van der Waals surface area contributed by atoms with Crippen molar-refractivity contribution in [1.29, 1.82) is 0 Å². The highest BCUT2D eigenvalue weighted by atomic mass is 16.5. The molecule has 27 heavy (non-hydrogen) atoms. The molecule has 0 bridgehead atoms. The number of aryl methyl sites for hydroxylation is 2. The zero-order chi connectivity index (χ0) is 19.2. The molecule has 0 aliphatic heterocycles. The molecule has 138 valence electrons. The number of aromatic nitrogens is 2. The Hall–Kier alpha value is -3.68. The summed E-state index contributed by atoms with van der Waals surface area (Å²) in [6.45, 7) is 4.00. The van der Waals surface area contributed by atoms with Gasteiger partial charge in [0, 0.05) is 23.5 Å². The molecule has 3 aromatic rings. The monoisotopic (exact) mass is 366 g/mol. The number of carbonyl (C=O) groups excluding carboxylic acids is 2. The molecule has 0 saturated carbocycles. The van der Waals surface area contributed by atoms with Crippen LogP contribution in [-0.2, 0) is 6.61 Å². The number of nitrogens with one attached hydrogen (secondary N) is 2. The van der Waals surface area contributed by atoms with Gasteiger partial charge in [-0.05, 0) is 50.2 Å². The predicted molar refractivity (Wildman–Crippen MR) is 95.9 cm³/mol. The maximum Gasteiger partial charge on any atom is 0.269 e. The van der Waals surface area contributed by atoms with E-state index in [-0.39, 0.29) is 0 Å². The van der Waals surface area contributed by atoms with Crippen molar-refractivity contribution in [1.82, 2.24) is 21.0 Å². The predicted octanol–water partition coefficient (Wildman–Crippen LogP) is 2.34. The minimum absolute atomic E-state index is 0.328. The van der Waals surface area contributed by atoms with Gasteiger partial charge >= 0.3 is 0 Å². The Morgan fingerprint density at radius 2 is 1.56 bits per heavy atom. The molecule has 3 rings (SSSR count). The summed E-state index contributed by atoms with van der Waals surface area (Å²) in [7, 11) is 0. The Balaban J connectivity index is 1.53. The van der Waals surface area contributed by atoms with Crippen molar-refractivity contribution in [2.45, 2.75) is 20.5 Å². The lowest BCUT2D eigenvalue weighted by Crippen LogP contribution is -2.41. The van der Waals surface area contributed by atoms with Gasteiger partial charge in [0.2, 0.25) is 0 Å². The Morgan fingerprint density at radius 3 is 2.11 bits per heavy atom. The molecule has 2 heterocycles. The van der Waals surface area contributed by atoms with Gasteiger partial charge < -0.3 is 9.26 Å². The average molecular weight is 366 g/mol. The normalized spacial score (nSPS) is 10.3. The number of benzene rings is 1. The molecule has 1 aromatic carbocycles. The van der Waals surface area contributed by atoms with Crippen molar-refractivity contribution in [2.24, 2.45) is 0 Å². The molecule has 0 aliphatic rings. The Morgan fingerprint density at radius 1 is 0.963 bits per heavy atom. The van der Waals surface area contributed by atoms with Crippen molar-refractivity contribution >= 4 is 11.8 Å². The molecule has 2 amide bonds. The van der Waals surface area contributed by atoms with Gasteiger partial charge in [0.15, 0.2) is 0 Å². The van der Waals surface area contributed by atoms with Gasteiger partial charge in [-0.25, -0.2) is 0 Å². The third-order valence-corrected chi connectivity index (χ3v) is 3.91. The van der Waals surface area contributed by atoms with Gasteiger partial charge in [0.05, 0.1) is 11.3 Å². The van der Waals surface area contributed by atoms with E-state index in [1.165, 1.54) is 12.4 Å². The Kier molecular flexibility index (Phi) is 5.46. The van der Waals surface area contributed by atoms with Gasteiger partial charge in [-0.2, -0.15) is 0 Å². The fourth-order valence-electron chi connectivity index (χ4n) is 2.33. The van der Waals surface area contributed by atoms with Crippen molar-refractivity contribution < 1.29 is 18.8 Å². The van der Waals surface area contributed by atoms with Gasteiger partial charge in [0.1, 0.15) is 18.1 Å². The molecule has 0 fully saturated rings. The van der Waals surface area contributed by atoms with E-state index in [1.54, 1.807) is 36.4 Å². The largest absolute Gasteiger partial charge is 0.489 e. The minimum Gasteiger partial charge on any atom is -0.489 e. The van der Waals surface area contributed by atoms with Crippen LogP contribution < -0.4 is 15.6 Å². The number of ether oxygens (including phenoxy) is 1. The summed E-state index contributed by atoms with van der Waals surface area (Å²) < 4.78 is 10.8. The lowest BCUT2D eigenvalue weighted by molar-refractivity contribution is 0.0846. The summed E-state index contributed by atoms with van der Waals surface area (Å²) in [6, 6.07) is 9.67. The molecular weight excluding hydrogens is 348 g/mol. The lowest BCUT2D eigenvalue weighted by Gasteiger charge is -2.09. The Bertz CT molecular complexity index is 917. The summed E-state index contributed by atoms with van der Waals surface area (Å²) in [5, 5.41) is 3.88. The van der Waals surface area contributed by atoms with Crippen LogP contribution >= 0.6 is 0 Å². The summed E-state index contributed by atoms with van der Waals surface area (Å²) in [5.41, 5.74) is 7.18. The Labute approximate surface area is 155 Å². The van der Waals surface area contributed by atoms with Crippen LogP contribution in [0.1, 0.15) is 37.7 Å². The molecule has 0 saturated heterocycles. The topological polar surface area (TPSA) is 106 Å². The third kappa shape index (κ3) is 4.49. The van der Waals surface area contributed by atoms with E-state index in [0.29, 0.717) is 29.2 Å². The molecule has 2 N–H and O–H groups in total.